The van der Waals surface area contributed by atoms with Crippen molar-refractivity contribution in [1.82, 2.24) is 4.90 Å². The Morgan fingerprint density at radius 2 is 2.00 bits per heavy atom. The lowest BCUT2D eigenvalue weighted by Crippen LogP contribution is -2.31. The highest BCUT2D eigenvalue weighted by molar-refractivity contribution is 6.30. The molecule has 0 N–H and O–H groups in total. The van der Waals surface area contributed by atoms with Gasteiger partial charge in [0.15, 0.2) is 0 Å². The minimum Gasteiger partial charge on any atom is -0.303 e. The van der Waals surface area contributed by atoms with Crippen LogP contribution in [0.15, 0.2) is 23.2 Å². The smallest absolute Gasteiger partial charge is 0.0669 e. The van der Waals surface area contributed by atoms with Gasteiger partial charge >= 0.3 is 0 Å². The summed E-state index contributed by atoms with van der Waals surface area (Å²) in [6, 6.07) is 5.89. The molecule has 1 heterocycles. The topological polar surface area (TPSA) is 15.6 Å². The Hall–Kier alpha value is -0.860. The van der Waals surface area contributed by atoms with Gasteiger partial charge in [0, 0.05) is 11.6 Å². The molecule has 0 radical (unpaired) electrons. The Bertz CT molecular complexity index is 384. The number of aliphatic imine (C=N–C) groups is 1. The Labute approximate surface area is 108 Å². The SMILES string of the molecule is C=Nc1cc(Cl)ccc1CCN1CCCCC1. The summed E-state index contributed by atoms with van der Waals surface area (Å²) in [6.45, 7) is 7.20. The third-order valence-electron chi connectivity index (χ3n) is 3.36. The Balaban J connectivity index is 1.95. The van der Waals surface area contributed by atoms with Crippen molar-refractivity contribution < 1.29 is 0 Å². The van der Waals surface area contributed by atoms with Gasteiger partial charge in [-0.1, -0.05) is 24.1 Å². The van der Waals surface area contributed by atoms with Gasteiger partial charge in [-0.15, -0.1) is 0 Å². The van der Waals surface area contributed by atoms with E-state index in [1.807, 2.05) is 12.1 Å². The van der Waals surface area contributed by atoms with Crippen LogP contribution in [0.2, 0.25) is 5.02 Å². The van der Waals surface area contributed by atoms with Gasteiger partial charge in [0.25, 0.3) is 0 Å². The van der Waals surface area contributed by atoms with Gasteiger partial charge in [-0.2, -0.15) is 0 Å². The highest BCUT2D eigenvalue weighted by Crippen LogP contribution is 2.24. The highest BCUT2D eigenvalue weighted by atomic mass is 35.5. The van der Waals surface area contributed by atoms with Crippen LogP contribution in [0, 0.1) is 0 Å². The van der Waals surface area contributed by atoms with Crippen molar-refractivity contribution >= 4 is 24.0 Å². The molecule has 0 atom stereocenters. The van der Waals surface area contributed by atoms with Crippen molar-refractivity contribution in [3.05, 3.63) is 28.8 Å². The summed E-state index contributed by atoms with van der Waals surface area (Å²) in [4.78, 5) is 6.57. The number of rotatable bonds is 4. The van der Waals surface area contributed by atoms with Crippen molar-refractivity contribution in [3.8, 4) is 0 Å². The number of piperidine rings is 1. The summed E-state index contributed by atoms with van der Waals surface area (Å²) < 4.78 is 0. The summed E-state index contributed by atoms with van der Waals surface area (Å²) in [6.07, 6.45) is 5.10. The van der Waals surface area contributed by atoms with E-state index in [0.29, 0.717) is 0 Å². The van der Waals surface area contributed by atoms with Crippen molar-refractivity contribution in [2.75, 3.05) is 19.6 Å². The van der Waals surface area contributed by atoms with E-state index in [1.54, 1.807) is 0 Å². The first-order valence-corrected chi connectivity index (χ1v) is 6.65. The van der Waals surface area contributed by atoms with Crippen molar-refractivity contribution in [2.24, 2.45) is 4.99 Å². The molecule has 0 spiro atoms. The number of hydrogen-bond donors (Lipinski definition) is 0. The van der Waals surface area contributed by atoms with Gasteiger partial charge in [-0.05, 0) is 56.8 Å². The molecular weight excluding hydrogens is 232 g/mol. The summed E-state index contributed by atoms with van der Waals surface area (Å²) in [5, 5.41) is 0.731. The van der Waals surface area contributed by atoms with Crippen LogP contribution in [-0.2, 0) is 6.42 Å². The van der Waals surface area contributed by atoms with Crippen LogP contribution < -0.4 is 0 Å². The fourth-order valence-electron chi connectivity index (χ4n) is 2.36. The molecule has 1 aliphatic heterocycles. The molecule has 1 aromatic rings. The van der Waals surface area contributed by atoms with Crippen LogP contribution in [0.25, 0.3) is 0 Å². The molecule has 3 heteroatoms. The van der Waals surface area contributed by atoms with E-state index in [0.717, 1.165) is 23.7 Å². The molecule has 0 amide bonds. The average Bonchev–Trinajstić information content (AvgIpc) is 2.38. The molecule has 2 nitrogen and oxygen atoms in total. The van der Waals surface area contributed by atoms with E-state index in [9.17, 15) is 0 Å². The molecule has 2 rings (SSSR count). The average molecular weight is 251 g/mol. The molecule has 1 fully saturated rings. The second-order valence-corrected chi connectivity index (χ2v) is 5.02. The first-order valence-electron chi connectivity index (χ1n) is 6.27. The maximum absolute atomic E-state index is 5.95. The van der Waals surface area contributed by atoms with Crippen LogP contribution in [-0.4, -0.2) is 31.3 Å². The molecule has 0 saturated carbocycles. The van der Waals surface area contributed by atoms with E-state index in [1.165, 1.54) is 37.9 Å². The lowest BCUT2D eigenvalue weighted by atomic mass is 10.1. The number of halogens is 1. The lowest BCUT2D eigenvalue weighted by Gasteiger charge is -2.26. The standard InChI is InChI=1S/C14H19ClN2/c1-16-14-11-13(15)6-5-12(14)7-10-17-8-3-2-4-9-17/h5-6,11H,1-4,7-10H2. The predicted molar refractivity (Wildman–Crippen MR) is 74.7 cm³/mol. The van der Waals surface area contributed by atoms with Crippen molar-refractivity contribution in [2.45, 2.75) is 25.7 Å². The predicted octanol–water partition coefficient (Wildman–Crippen LogP) is 3.70. The van der Waals surface area contributed by atoms with Crippen LogP contribution in [0.1, 0.15) is 24.8 Å². The molecule has 0 aliphatic carbocycles. The zero-order valence-corrected chi connectivity index (χ0v) is 10.9. The third-order valence-corrected chi connectivity index (χ3v) is 3.60. The van der Waals surface area contributed by atoms with Gasteiger partial charge in [-0.25, -0.2) is 0 Å². The Morgan fingerprint density at radius 3 is 2.71 bits per heavy atom. The van der Waals surface area contributed by atoms with Crippen LogP contribution in [0.4, 0.5) is 5.69 Å². The van der Waals surface area contributed by atoms with Crippen LogP contribution in [0.5, 0.6) is 0 Å². The maximum Gasteiger partial charge on any atom is 0.0669 e. The van der Waals surface area contributed by atoms with Gasteiger partial charge in [0.2, 0.25) is 0 Å². The number of nitrogens with zero attached hydrogens (tertiary/aromatic N) is 2. The van der Waals surface area contributed by atoms with Gasteiger partial charge in [0.05, 0.1) is 5.69 Å². The van der Waals surface area contributed by atoms with E-state index in [-0.39, 0.29) is 0 Å². The normalized spacial score (nSPS) is 17.0. The minimum absolute atomic E-state index is 0.731. The Kier molecular flexibility index (Phi) is 4.57. The zero-order chi connectivity index (χ0) is 12.1. The second kappa shape index (κ2) is 6.18. The van der Waals surface area contributed by atoms with Gasteiger partial charge < -0.3 is 4.90 Å². The van der Waals surface area contributed by atoms with Crippen molar-refractivity contribution in [3.63, 3.8) is 0 Å². The fourth-order valence-corrected chi connectivity index (χ4v) is 2.52. The van der Waals surface area contributed by atoms with Gasteiger partial charge in [0.1, 0.15) is 0 Å². The second-order valence-electron chi connectivity index (χ2n) is 4.58. The fraction of sp³-hybridized carbons (Fsp3) is 0.500. The largest absolute Gasteiger partial charge is 0.303 e. The molecule has 0 bridgehead atoms. The number of likely N-dealkylation sites (tertiary alicyclic amines) is 1. The monoisotopic (exact) mass is 250 g/mol. The summed E-state index contributed by atoms with van der Waals surface area (Å²) in [7, 11) is 0. The zero-order valence-electron chi connectivity index (χ0n) is 10.2. The highest BCUT2D eigenvalue weighted by Gasteiger charge is 2.10. The molecule has 17 heavy (non-hydrogen) atoms. The molecule has 0 unspecified atom stereocenters. The van der Waals surface area contributed by atoms with E-state index in [4.69, 9.17) is 11.6 Å². The molecule has 1 aromatic carbocycles. The first kappa shape index (κ1) is 12.6. The van der Waals surface area contributed by atoms with Crippen LogP contribution in [0.3, 0.4) is 0 Å². The summed E-state index contributed by atoms with van der Waals surface area (Å²) >= 11 is 5.95. The van der Waals surface area contributed by atoms with E-state index in [2.05, 4.69) is 22.7 Å². The van der Waals surface area contributed by atoms with Crippen molar-refractivity contribution in [1.29, 1.82) is 0 Å². The summed E-state index contributed by atoms with van der Waals surface area (Å²) in [5.74, 6) is 0. The Morgan fingerprint density at radius 1 is 1.24 bits per heavy atom. The quantitative estimate of drug-likeness (QED) is 0.744. The minimum atomic E-state index is 0.731. The number of hydrogen-bond acceptors (Lipinski definition) is 2. The molecule has 0 aromatic heterocycles. The van der Waals surface area contributed by atoms with Gasteiger partial charge in [-0.3, -0.25) is 4.99 Å². The molecule has 92 valence electrons. The van der Waals surface area contributed by atoms with E-state index < -0.39 is 0 Å². The van der Waals surface area contributed by atoms with Crippen LogP contribution >= 0.6 is 11.6 Å². The van der Waals surface area contributed by atoms with E-state index >= 15 is 0 Å². The summed E-state index contributed by atoms with van der Waals surface area (Å²) in [5.41, 5.74) is 2.17. The molecule has 1 saturated heterocycles. The lowest BCUT2D eigenvalue weighted by molar-refractivity contribution is 0.231. The first-order chi connectivity index (χ1) is 8.29. The molecule has 1 aliphatic rings. The number of benzene rings is 1. The maximum atomic E-state index is 5.95. The molecular formula is C14H19ClN2. The third kappa shape index (κ3) is 3.55.